The highest BCUT2D eigenvalue weighted by Gasteiger charge is 2.26. The first-order valence-corrected chi connectivity index (χ1v) is 6.90. The van der Waals surface area contributed by atoms with Gasteiger partial charge < -0.3 is 10.6 Å². The first-order valence-electron chi connectivity index (χ1n) is 6.90. The second kappa shape index (κ2) is 6.36. The van der Waals surface area contributed by atoms with Gasteiger partial charge in [0.05, 0.1) is 0 Å². The van der Waals surface area contributed by atoms with Gasteiger partial charge in [-0.2, -0.15) is 0 Å². The Kier molecular flexibility index (Phi) is 4.55. The molecule has 1 aliphatic carbocycles. The zero-order valence-electron chi connectivity index (χ0n) is 11.2. The molecule has 0 bridgehead atoms. The fraction of sp³-hybridized carbons (Fsp3) is 0.467. The normalized spacial score (nSPS) is 13.9. The van der Waals surface area contributed by atoms with E-state index in [4.69, 9.17) is 0 Å². The molecule has 0 aromatic heterocycles. The van der Waals surface area contributed by atoms with Gasteiger partial charge in [-0.15, -0.1) is 0 Å². The van der Waals surface area contributed by atoms with Crippen molar-refractivity contribution < 1.29 is 9.59 Å². The summed E-state index contributed by atoms with van der Waals surface area (Å²) in [4.78, 5) is 23.1. The van der Waals surface area contributed by atoms with Crippen LogP contribution in [0.3, 0.4) is 0 Å². The quantitative estimate of drug-likeness (QED) is 0.798. The lowest BCUT2D eigenvalue weighted by molar-refractivity contribution is -0.136. The molecule has 4 nitrogen and oxygen atoms in total. The summed E-state index contributed by atoms with van der Waals surface area (Å²) in [5, 5.41) is 5.27. The maximum atomic E-state index is 11.6. The van der Waals surface area contributed by atoms with Crippen molar-refractivity contribution in [2.75, 3.05) is 5.32 Å². The Labute approximate surface area is 113 Å². The van der Waals surface area contributed by atoms with E-state index < -0.39 is 11.8 Å². The van der Waals surface area contributed by atoms with Crippen molar-refractivity contribution in [2.24, 2.45) is 0 Å². The molecule has 0 heterocycles. The van der Waals surface area contributed by atoms with Gasteiger partial charge in [0.15, 0.2) is 0 Å². The molecule has 1 aromatic rings. The lowest BCUT2D eigenvalue weighted by Gasteiger charge is -2.06. The summed E-state index contributed by atoms with van der Waals surface area (Å²) in [6.07, 6.45) is 5.33. The molecule has 1 aromatic carbocycles. The van der Waals surface area contributed by atoms with Crippen LogP contribution in [0, 0.1) is 0 Å². The van der Waals surface area contributed by atoms with Crippen LogP contribution in [0.2, 0.25) is 0 Å². The van der Waals surface area contributed by atoms with Gasteiger partial charge in [-0.1, -0.05) is 25.5 Å². The molecule has 102 valence electrons. The number of hydrogen-bond donors (Lipinski definition) is 2. The van der Waals surface area contributed by atoms with E-state index in [-0.39, 0.29) is 6.04 Å². The molecule has 1 saturated carbocycles. The summed E-state index contributed by atoms with van der Waals surface area (Å²) in [7, 11) is 0. The van der Waals surface area contributed by atoms with Crippen LogP contribution >= 0.6 is 0 Å². The van der Waals surface area contributed by atoms with Gasteiger partial charge in [0, 0.05) is 11.7 Å². The molecule has 4 heteroatoms. The van der Waals surface area contributed by atoms with Crippen molar-refractivity contribution in [3.8, 4) is 0 Å². The summed E-state index contributed by atoms with van der Waals surface area (Å²) in [5.41, 5.74) is 1.92. The molecule has 0 spiro atoms. The number of benzene rings is 1. The van der Waals surface area contributed by atoms with Crippen LogP contribution in [-0.4, -0.2) is 17.9 Å². The predicted octanol–water partition coefficient (Wildman–Crippen LogP) is 2.25. The average Bonchev–Trinajstić information content (AvgIpc) is 3.22. The highest BCUT2D eigenvalue weighted by Crippen LogP contribution is 2.18. The first kappa shape index (κ1) is 13.6. The Balaban J connectivity index is 1.84. The lowest BCUT2D eigenvalue weighted by atomic mass is 10.1. The molecule has 2 rings (SSSR count). The monoisotopic (exact) mass is 260 g/mol. The van der Waals surface area contributed by atoms with E-state index >= 15 is 0 Å². The fourth-order valence-corrected chi connectivity index (χ4v) is 1.80. The minimum Gasteiger partial charge on any atom is -0.345 e. The third-order valence-electron chi connectivity index (χ3n) is 3.15. The Bertz CT molecular complexity index is 450. The van der Waals surface area contributed by atoms with Crippen molar-refractivity contribution in [3.05, 3.63) is 29.8 Å². The highest BCUT2D eigenvalue weighted by molar-refractivity contribution is 6.39. The van der Waals surface area contributed by atoms with E-state index in [1.807, 2.05) is 24.3 Å². The summed E-state index contributed by atoms with van der Waals surface area (Å²) in [6.45, 7) is 2.16. The maximum Gasteiger partial charge on any atom is 0.313 e. The average molecular weight is 260 g/mol. The molecule has 2 amide bonds. The Hall–Kier alpha value is -1.84. The first-order chi connectivity index (χ1) is 9.19. The summed E-state index contributed by atoms with van der Waals surface area (Å²) in [5.74, 6) is -1.13. The van der Waals surface area contributed by atoms with Crippen molar-refractivity contribution >= 4 is 17.5 Å². The van der Waals surface area contributed by atoms with Crippen molar-refractivity contribution in [3.63, 3.8) is 0 Å². The molecule has 2 N–H and O–H groups in total. The summed E-state index contributed by atoms with van der Waals surface area (Å²) < 4.78 is 0. The molecular formula is C15H20N2O2. The van der Waals surface area contributed by atoms with Crippen LogP contribution in [0.1, 0.15) is 38.2 Å². The minimum absolute atomic E-state index is 0.203. The van der Waals surface area contributed by atoms with Gasteiger partial charge in [0.2, 0.25) is 0 Å². The van der Waals surface area contributed by atoms with Crippen molar-refractivity contribution in [2.45, 2.75) is 45.1 Å². The molecule has 1 fully saturated rings. The Morgan fingerprint density at radius 1 is 1.16 bits per heavy atom. The van der Waals surface area contributed by atoms with Gasteiger partial charge in [-0.3, -0.25) is 9.59 Å². The summed E-state index contributed by atoms with van der Waals surface area (Å²) >= 11 is 0. The maximum absolute atomic E-state index is 11.6. The second-order valence-electron chi connectivity index (χ2n) is 5.00. The number of carbonyl (C=O) groups excluding carboxylic acids is 2. The zero-order chi connectivity index (χ0) is 13.7. The lowest BCUT2D eigenvalue weighted by Crippen LogP contribution is -2.36. The van der Waals surface area contributed by atoms with Crippen LogP contribution < -0.4 is 10.6 Å². The zero-order valence-corrected chi connectivity index (χ0v) is 11.2. The van der Waals surface area contributed by atoms with Crippen LogP contribution in [0.5, 0.6) is 0 Å². The molecule has 0 aliphatic heterocycles. The fourth-order valence-electron chi connectivity index (χ4n) is 1.80. The van der Waals surface area contributed by atoms with Crippen LogP contribution in [-0.2, 0) is 16.0 Å². The second-order valence-corrected chi connectivity index (χ2v) is 5.00. The van der Waals surface area contributed by atoms with Crippen LogP contribution in [0.15, 0.2) is 24.3 Å². The molecule has 19 heavy (non-hydrogen) atoms. The smallest absolute Gasteiger partial charge is 0.313 e. The highest BCUT2D eigenvalue weighted by atomic mass is 16.2. The number of hydrogen-bond acceptors (Lipinski definition) is 2. The van der Waals surface area contributed by atoms with Gasteiger partial charge in [0.1, 0.15) is 0 Å². The standard InChI is InChI=1S/C15H20N2O2/c1-2-3-4-11-5-7-12(8-6-11)16-14(18)15(19)17-13-9-10-13/h5-8,13H,2-4,9-10H2,1H3,(H,16,18)(H,17,19). The van der Waals surface area contributed by atoms with E-state index in [1.165, 1.54) is 12.0 Å². The third-order valence-corrected chi connectivity index (χ3v) is 3.15. The summed E-state index contributed by atoms with van der Waals surface area (Å²) in [6, 6.07) is 7.86. The molecular weight excluding hydrogens is 240 g/mol. The van der Waals surface area contributed by atoms with E-state index in [1.54, 1.807) is 0 Å². The number of nitrogens with one attached hydrogen (secondary N) is 2. The molecule has 0 unspecified atom stereocenters. The number of anilines is 1. The number of carbonyl (C=O) groups is 2. The largest absolute Gasteiger partial charge is 0.345 e. The Morgan fingerprint density at radius 3 is 2.42 bits per heavy atom. The van der Waals surface area contributed by atoms with Crippen LogP contribution in [0.4, 0.5) is 5.69 Å². The van der Waals surface area contributed by atoms with E-state index in [0.717, 1.165) is 25.7 Å². The van der Waals surface area contributed by atoms with E-state index in [2.05, 4.69) is 17.6 Å². The topological polar surface area (TPSA) is 58.2 Å². The molecule has 0 atom stereocenters. The molecule has 0 saturated heterocycles. The SMILES string of the molecule is CCCCc1ccc(NC(=O)C(=O)NC2CC2)cc1. The van der Waals surface area contributed by atoms with E-state index in [9.17, 15) is 9.59 Å². The van der Waals surface area contributed by atoms with Gasteiger partial charge in [-0.05, 0) is 43.4 Å². The number of amides is 2. The predicted molar refractivity (Wildman–Crippen MR) is 74.8 cm³/mol. The van der Waals surface area contributed by atoms with Gasteiger partial charge in [0.25, 0.3) is 0 Å². The van der Waals surface area contributed by atoms with Gasteiger partial charge in [-0.25, -0.2) is 0 Å². The Morgan fingerprint density at radius 2 is 1.84 bits per heavy atom. The number of aryl methyl sites for hydroxylation is 1. The minimum atomic E-state index is -0.590. The van der Waals surface area contributed by atoms with Gasteiger partial charge >= 0.3 is 11.8 Å². The van der Waals surface area contributed by atoms with Crippen molar-refractivity contribution in [1.29, 1.82) is 0 Å². The third kappa shape index (κ3) is 4.39. The molecule has 0 radical (unpaired) electrons. The molecule has 1 aliphatic rings. The van der Waals surface area contributed by atoms with E-state index in [0.29, 0.717) is 5.69 Å². The van der Waals surface area contributed by atoms with Crippen LogP contribution in [0.25, 0.3) is 0 Å². The van der Waals surface area contributed by atoms with Crippen molar-refractivity contribution in [1.82, 2.24) is 5.32 Å². The number of unbranched alkanes of at least 4 members (excludes halogenated alkanes) is 1. The number of rotatable bonds is 5.